The molecule has 1 aliphatic rings. The van der Waals surface area contributed by atoms with Crippen LogP contribution in [0.3, 0.4) is 0 Å². The summed E-state index contributed by atoms with van der Waals surface area (Å²) in [4.78, 5) is 23.8. The fourth-order valence-corrected chi connectivity index (χ4v) is 2.99. The maximum atomic E-state index is 12.6. The Bertz CT molecular complexity index is 802. The molecule has 3 N–H and O–H groups in total. The Labute approximate surface area is 164 Å². The highest BCUT2D eigenvalue weighted by Crippen LogP contribution is 2.28. The maximum absolute atomic E-state index is 12.6. The van der Waals surface area contributed by atoms with Crippen molar-refractivity contribution >= 4 is 35.6 Å². The largest absolute Gasteiger partial charge is 0.495 e. The minimum atomic E-state index is -0.328. The van der Waals surface area contributed by atoms with Gasteiger partial charge in [-0.05, 0) is 43.7 Å². The van der Waals surface area contributed by atoms with Gasteiger partial charge < -0.3 is 20.7 Å². The average molecular weight is 394 g/mol. The van der Waals surface area contributed by atoms with Gasteiger partial charge in [-0.2, -0.15) is 5.10 Å². The van der Waals surface area contributed by atoms with Crippen LogP contribution < -0.4 is 20.7 Å². The number of ether oxygens (including phenoxy) is 1. The summed E-state index contributed by atoms with van der Waals surface area (Å²) in [5.74, 6) is -0.0126. The van der Waals surface area contributed by atoms with E-state index in [1.165, 1.54) is 14.0 Å². The minimum Gasteiger partial charge on any atom is -0.495 e. The lowest BCUT2D eigenvalue weighted by atomic mass is 10.1. The van der Waals surface area contributed by atoms with E-state index in [1.807, 2.05) is 10.9 Å². The number of hydrogen-bond donors (Lipinski definition) is 3. The molecule has 9 heteroatoms. The molecule has 0 spiro atoms. The maximum Gasteiger partial charge on any atom is 0.276 e. The molecule has 0 bridgehead atoms. The van der Waals surface area contributed by atoms with Crippen LogP contribution in [-0.2, 0) is 4.79 Å². The highest BCUT2D eigenvalue weighted by atomic mass is 35.5. The van der Waals surface area contributed by atoms with Crippen LogP contribution >= 0.6 is 12.4 Å². The van der Waals surface area contributed by atoms with Crippen molar-refractivity contribution in [2.45, 2.75) is 25.8 Å². The van der Waals surface area contributed by atoms with Crippen LogP contribution in [0.15, 0.2) is 30.5 Å². The Morgan fingerprint density at radius 2 is 2.11 bits per heavy atom. The highest BCUT2D eigenvalue weighted by molar-refractivity contribution is 6.04. The summed E-state index contributed by atoms with van der Waals surface area (Å²) in [6, 6.07) is 7.02. The molecule has 0 radical (unpaired) electrons. The van der Waals surface area contributed by atoms with Gasteiger partial charge in [-0.1, -0.05) is 0 Å². The van der Waals surface area contributed by atoms with E-state index in [0.29, 0.717) is 22.8 Å². The molecule has 1 aliphatic heterocycles. The summed E-state index contributed by atoms with van der Waals surface area (Å²) >= 11 is 0. The van der Waals surface area contributed by atoms with Crippen molar-refractivity contribution in [2.24, 2.45) is 0 Å². The summed E-state index contributed by atoms with van der Waals surface area (Å²) in [6.07, 6.45) is 3.97. The van der Waals surface area contributed by atoms with Gasteiger partial charge in [-0.25, -0.2) is 0 Å². The molecule has 0 saturated carbocycles. The number of amides is 2. The van der Waals surface area contributed by atoms with Crippen molar-refractivity contribution in [1.82, 2.24) is 15.1 Å². The first-order chi connectivity index (χ1) is 12.6. The lowest BCUT2D eigenvalue weighted by molar-refractivity contribution is -0.114. The Kier molecular flexibility index (Phi) is 7.20. The van der Waals surface area contributed by atoms with Gasteiger partial charge in [-0.3, -0.25) is 14.3 Å². The van der Waals surface area contributed by atoms with Gasteiger partial charge in [0.1, 0.15) is 5.75 Å². The molecule has 1 saturated heterocycles. The molecule has 2 heterocycles. The summed E-state index contributed by atoms with van der Waals surface area (Å²) < 4.78 is 7.12. The van der Waals surface area contributed by atoms with Crippen LogP contribution in [0, 0.1) is 0 Å². The topological polar surface area (TPSA) is 97.3 Å². The second kappa shape index (κ2) is 9.38. The number of benzene rings is 1. The Hall–Kier alpha value is -2.58. The average Bonchev–Trinajstić information content (AvgIpc) is 3.12. The molecule has 27 heavy (non-hydrogen) atoms. The highest BCUT2D eigenvalue weighted by Gasteiger charge is 2.18. The quantitative estimate of drug-likeness (QED) is 0.724. The molecule has 1 fully saturated rings. The van der Waals surface area contributed by atoms with E-state index in [4.69, 9.17) is 4.74 Å². The van der Waals surface area contributed by atoms with Crippen molar-refractivity contribution in [1.29, 1.82) is 0 Å². The summed E-state index contributed by atoms with van der Waals surface area (Å²) in [5.41, 5.74) is 1.38. The molecule has 1 atom stereocenters. The van der Waals surface area contributed by atoms with Crippen LogP contribution in [0.1, 0.15) is 36.3 Å². The van der Waals surface area contributed by atoms with E-state index in [-0.39, 0.29) is 30.3 Å². The van der Waals surface area contributed by atoms with Gasteiger partial charge in [-0.15, -0.1) is 12.4 Å². The molecular formula is C18H24ClN5O3. The first-order valence-electron chi connectivity index (χ1n) is 8.59. The smallest absolute Gasteiger partial charge is 0.276 e. The molecule has 1 aromatic heterocycles. The summed E-state index contributed by atoms with van der Waals surface area (Å²) in [7, 11) is 1.52. The van der Waals surface area contributed by atoms with Crippen LogP contribution in [0.2, 0.25) is 0 Å². The summed E-state index contributed by atoms with van der Waals surface area (Å²) in [6.45, 7) is 3.31. The molecular weight excluding hydrogens is 370 g/mol. The van der Waals surface area contributed by atoms with Gasteiger partial charge in [0.2, 0.25) is 5.91 Å². The number of rotatable bonds is 5. The second-order valence-electron chi connectivity index (χ2n) is 6.23. The first-order valence-corrected chi connectivity index (χ1v) is 8.59. The fraction of sp³-hybridized carbons (Fsp3) is 0.389. The number of carbonyl (C=O) groups is 2. The minimum absolute atomic E-state index is 0. The third-order valence-corrected chi connectivity index (χ3v) is 4.25. The monoisotopic (exact) mass is 393 g/mol. The number of piperidine rings is 1. The Balaban J connectivity index is 0.00000261. The molecule has 2 amide bonds. The SMILES string of the molecule is COc1ccc(NC(C)=O)cc1NC(=O)c1ccn(C2CCCNC2)n1.Cl. The number of methoxy groups -OCH3 is 1. The predicted molar refractivity (Wildman–Crippen MR) is 106 cm³/mol. The molecule has 1 unspecified atom stereocenters. The van der Waals surface area contributed by atoms with Crippen molar-refractivity contribution in [3.05, 3.63) is 36.2 Å². The zero-order valence-corrected chi connectivity index (χ0v) is 16.1. The number of aromatic nitrogens is 2. The second-order valence-corrected chi connectivity index (χ2v) is 6.23. The predicted octanol–water partition coefficient (Wildman–Crippen LogP) is 2.45. The number of nitrogens with one attached hydrogen (secondary N) is 3. The van der Waals surface area contributed by atoms with Crippen molar-refractivity contribution in [3.63, 3.8) is 0 Å². The third-order valence-electron chi connectivity index (χ3n) is 4.25. The van der Waals surface area contributed by atoms with Crippen LogP contribution in [0.25, 0.3) is 0 Å². The first kappa shape index (κ1) is 20.7. The van der Waals surface area contributed by atoms with Gasteiger partial charge in [0.05, 0.1) is 18.8 Å². The zero-order chi connectivity index (χ0) is 18.5. The Morgan fingerprint density at radius 1 is 1.30 bits per heavy atom. The number of nitrogens with zero attached hydrogens (tertiary/aromatic N) is 2. The van der Waals surface area contributed by atoms with Crippen LogP contribution in [0.4, 0.5) is 11.4 Å². The van der Waals surface area contributed by atoms with Gasteiger partial charge in [0.25, 0.3) is 5.91 Å². The lowest BCUT2D eigenvalue weighted by Gasteiger charge is -2.22. The molecule has 0 aliphatic carbocycles. The third kappa shape index (κ3) is 5.21. The van der Waals surface area contributed by atoms with E-state index in [9.17, 15) is 9.59 Å². The molecule has 146 valence electrons. The van der Waals surface area contributed by atoms with E-state index in [2.05, 4.69) is 21.0 Å². The number of hydrogen-bond acceptors (Lipinski definition) is 5. The van der Waals surface area contributed by atoms with Gasteiger partial charge >= 0.3 is 0 Å². The Morgan fingerprint density at radius 3 is 2.78 bits per heavy atom. The number of halogens is 1. The molecule has 2 aromatic rings. The van der Waals surface area contributed by atoms with Crippen molar-refractivity contribution in [2.75, 3.05) is 30.8 Å². The standard InChI is InChI=1S/C18H23N5O3.ClH/c1-12(24)20-13-5-6-17(26-2)16(10-13)21-18(25)15-7-9-23(22-15)14-4-3-8-19-11-14;/h5-7,9-10,14,19H,3-4,8,11H2,1-2H3,(H,20,24)(H,21,25);1H. The normalized spacial score (nSPS) is 16.1. The van der Waals surface area contributed by atoms with E-state index >= 15 is 0 Å². The van der Waals surface area contributed by atoms with Crippen LogP contribution in [0.5, 0.6) is 5.75 Å². The number of anilines is 2. The van der Waals surface area contributed by atoms with E-state index in [1.54, 1.807) is 24.3 Å². The zero-order valence-electron chi connectivity index (χ0n) is 15.3. The van der Waals surface area contributed by atoms with E-state index < -0.39 is 0 Å². The van der Waals surface area contributed by atoms with Crippen LogP contribution in [-0.4, -0.2) is 41.8 Å². The van der Waals surface area contributed by atoms with Crippen molar-refractivity contribution in [3.8, 4) is 5.75 Å². The molecule has 8 nitrogen and oxygen atoms in total. The van der Waals surface area contributed by atoms with Crippen molar-refractivity contribution < 1.29 is 14.3 Å². The number of carbonyl (C=O) groups excluding carboxylic acids is 2. The van der Waals surface area contributed by atoms with Gasteiger partial charge in [0, 0.05) is 25.4 Å². The molecule has 3 rings (SSSR count). The lowest BCUT2D eigenvalue weighted by Crippen LogP contribution is -2.32. The molecule has 1 aromatic carbocycles. The summed E-state index contributed by atoms with van der Waals surface area (Å²) in [5, 5.41) is 13.2. The van der Waals surface area contributed by atoms with E-state index in [0.717, 1.165) is 25.9 Å². The van der Waals surface area contributed by atoms with Gasteiger partial charge in [0.15, 0.2) is 5.69 Å². The fourth-order valence-electron chi connectivity index (χ4n) is 2.99.